The van der Waals surface area contributed by atoms with Gasteiger partial charge < -0.3 is 5.73 Å². The molecule has 2 rings (SSSR count). The molecule has 0 aliphatic heterocycles. The molecule has 20 heavy (non-hydrogen) atoms. The fraction of sp³-hybridized carbons (Fsp3) is 0.167. The molecule has 0 spiro atoms. The number of halogens is 1. The SMILES string of the molecule is Cc1ccc(N)c(S(=O)(=O)Nc2ccc(Cl)nn2)c1C. The maximum Gasteiger partial charge on any atom is 0.265 e. The van der Waals surface area contributed by atoms with Crippen LogP contribution in [0.15, 0.2) is 29.2 Å². The normalized spacial score (nSPS) is 11.3. The van der Waals surface area contributed by atoms with Crippen molar-refractivity contribution in [3.63, 3.8) is 0 Å². The summed E-state index contributed by atoms with van der Waals surface area (Å²) >= 11 is 5.60. The summed E-state index contributed by atoms with van der Waals surface area (Å²) in [6.07, 6.45) is 0. The van der Waals surface area contributed by atoms with E-state index < -0.39 is 10.0 Å². The number of sulfonamides is 1. The van der Waals surface area contributed by atoms with Crippen LogP contribution in [-0.2, 0) is 10.0 Å². The predicted molar refractivity (Wildman–Crippen MR) is 78.2 cm³/mol. The number of aromatic nitrogens is 2. The van der Waals surface area contributed by atoms with Gasteiger partial charge >= 0.3 is 0 Å². The van der Waals surface area contributed by atoms with E-state index in [-0.39, 0.29) is 21.6 Å². The first-order valence-corrected chi connectivity index (χ1v) is 7.55. The highest BCUT2D eigenvalue weighted by Gasteiger charge is 2.21. The molecule has 0 saturated heterocycles. The molecule has 0 saturated carbocycles. The lowest BCUT2D eigenvalue weighted by Gasteiger charge is -2.13. The molecule has 1 heterocycles. The van der Waals surface area contributed by atoms with Crippen molar-refractivity contribution in [2.75, 3.05) is 10.5 Å². The third kappa shape index (κ3) is 2.83. The van der Waals surface area contributed by atoms with Gasteiger partial charge in [-0.05, 0) is 43.2 Å². The van der Waals surface area contributed by atoms with Gasteiger partial charge in [-0.2, -0.15) is 0 Å². The monoisotopic (exact) mass is 312 g/mol. The molecule has 0 fully saturated rings. The van der Waals surface area contributed by atoms with E-state index in [0.717, 1.165) is 5.56 Å². The van der Waals surface area contributed by atoms with Gasteiger partial charge in [0.25, 0.3) is 10.0 Å². The van der Waals surface area contributed by atoms with Crippen LogP contribution < -0.4 is 10.5 Å². The smallest absolute Gasteiger partial charge is 0.265 e. The zero-order valence-corrected chi connectivity index (χ0v) is 12.5. The van der Waals surface area contributed by atoms with Gasteiger partial charge in [0, 0.05) is 0 Å². The molecule has 0 bridgehead atoms. The van der Waals surface area contributed by atoms with Crippen molar-refractivity contribution >= 4 is 33.1 Å². The summed E-state index contributed by atoms with van der Waals surface area (Å²) in [7, 11) is -3.83. The van der Waals surface area contributed by atoms with Crippen LogP contribution >= 0.6 is 11.6 Å². The van der Waals surface area contributed by atoms with E-state index >= 15 is 0 Å². The van der Waals surface area contributed by atoms with Gasteiger partial charge in [0.2, 0.25) is 0 Å². The number of anilines is 2. The van der Waals surface area contributed by atoms with Crippen LogP contribution in [0, 0.1) is 13.8 Å². The van der Waals surface area contributed by atoms with Crippen molar-refractivity contribution in [1.29, 1.82) is 0 Å². The molecule has 106 valence electrons. The zero-order valence-electron chi connectivity index (χ0n) is 10.9. The molecule has 0 radical (unpaired) electrons. The van der Waals surface area contributed by atoms with Gasteiger partial charge in [0.15, 0.2) is 11.0 Å². The Morgan fingerprint density at radius 3 is 2.45 bits per heavy atom. The second-order valence-electron chi connectivity index (χ2n) is 4.27. The Balaban J connectivity index is 2.46. The number of nitrogens with zero attached hydrogens (tertiary/aromatic N) is 2. The molecule has 2 aromatic rings. The van der Waals surface area contributed by atoms with Crippen molar-refractivity contribution in [3.05, 3.63) is 40.5 Å². The van der Waals surface area contributed by atoms with Crippen LogP contribution in [0.5, 0.6) is 0 Å². The molecular formula is C12H13ClN4O2S. The summed E-state index contributed by atoms with van der Waals surface area (Å²) in [6, 6.07) is 6.20. The molecule has 0 aliphatic rings. The van der Waals surface area contributed by atoms with Crippen LogP contribution in [0.3, 0.4) is 0 Å². The van der Waals surface area contributed by atoms with Crippen LogP contribution in [0.2, 0.25) is 5.15 Å². The number of nitrogen functional groups attached to an aromatic ring is 1. The lowest BCUT2D eigenvalue weighted by atomic mass is 10.1. The standard InChI is InChI=1S/C12H13ClN4O2S/c1-7-3-4-9(14)12(8(7)2)20(18,19)17-11-6-5-10(13)15-16-11/h3-6H,14H2,1-2H3,(H,16,17). The van der Waals surface area contributed by atoms with Crippen LogP contribution in [0.1, 0.15) is 11.1 Å². The molecule has 1 aromatic carbocycles. The average molecular weight is 313 g/mol. The molecular weight excluding hydrogens is 300 g/mol. The minimum Gasteiger partial charge on any atom is -0.398 e. The van der Waals surface area contributed by atoms with Crippen molar-refractivity contribution in [2.24, 2.45) is 0 Å². The highest BCUT2D eigenvalue weighted by Crippen LogP contribution is 2.26. The van der Waals surface area contributed by atoms with E-state index in [1.807, 2.05) is 6.92 Å². The van der Waals surface area contributed by atoms with Gasteiger partial charge in [0.05, 0.1) is 5.69 Å². The number of nitrogens with one attached hydrogen (secondary N) is 1. The summed E-state index contributed by atoms with van der Waals surface area (Å²) in [5.41, 5.74) is 7.39. The van der Waals surface area contributed by atoms with Gasteiger partial charge in [-0.1, -0.05) is 17.7 Å². The largest absolute Gasteiger partial charge is 0.398 e. The second kappa shape index (κ2) is 5.26. The van der Waals surface area contributed by atoms with Crippen LogP contribution in [0.25, 0.3) is 0 Å². The minimum atomic E-state index is -3.83. The minimum absolute atomic E-state index is 0.0502. The van der Waals surface area contributed by atoms with Gasteiger partial charge in [0.1, 0.15) is 4.90 Å². The molecule has 6 nitrogen and oxygen atoms in total. The highest BCUT2D eigenvalue weighted by molar-refractivity contribution is 7.93. The Morgan fingerprint density at radius 2 is 1.85 bits per heavy atom. The number of benzene rings is 1. The first-order chi connectivity index (χ1) is 9.31. The van der Waals surface area contributed by atoms with E-state index in [4.69, 9.17) is 17.3 Å². The Morgan fingerprint density at radius 1 is 1.15 bits per heavy atom. The Hall–Kier alpha value is -1.86. The van der Waals surface area contributed by atoms with Crippen molar-refractivity contribution in [2.45, 2.75) is 18.7 Å². The fourth-order valence-electron chi connectivity index (χ4n) is 1.73. The number of hydrogen-bond acceptors (Lipinski definition) is 5. The Labute approximate surface area is 122 Å². The Kier molecular flexibility index (Phi) is 3.82. The zero-order chi connectivity index (χ0) is 14.9. The average Bonchev–Trinajstić information content (AvgIpc) is 2.37. The first kappa shape index (κ1) is 14.5. The molecule has 0 amide bonds. The number of hydrogen-bond donors (Lipinski definition) is 2. The van der Waals surface area contributed by atoms with E-state index in [1.165, 1.54) is 12.1 Å². The van der Waals surface area contributed by atoms with E-state index in [0.29, 0.717) is 5.56 Å². The van der Waals surface area contributed by atoms with E-state index in [2.05, 4.69) is 14.9 Å². The topological polar surface area (TPSA) is 98.0 Å². The number of nitrogens with two attached hydrogens (primary N) is 1. The Bertz CT molecular complexity index is 745. The third-order valence-corrected chi connectivity index (χ3v) is 4.61. The maximum absolute atomic E-state index is 12.4. The van der Waals surface area contributed by atoms with Gasteiger partial charge in [-0.3, -0.25) is 4.72 Å². The second-order valence-corrected chi connectivity index (χ2v) is 6.28. The molecule has 0 aliphatic carbocycles. The lowest BCUT2D eigenvalue weighted by Crippen LogP contribution is -2.17. The molecule has 8 heteroatoms. The molecule has 3 N–H and O–H groups in total. The molecule has 1 aromatic heterocycles. The third-order valence-electron chi connectivity index (χ3n) is 2.85. The van der Waals surface area contributed by atoms with Crippen molar-refractivity contribution in [1.82, 2.24) is 10.2 Å². The lowest BCUT2D eigenvalue weighted by molar-refractivity contribution is 0.600. The first-order valence-electron chi connectivity index (χ1n) is 5.69. The van der Waals surface area contributed by atoms with E-state index in [9.17, 15) is 8.42 Å². The predicted octanol–water partition coefficient (Wildman–Crippen LogP) is 2.13. The van der Waals surface area contributed by atoms with Gasteiger partial charge in [-0.15, -0.1) is 10.2 Å². The molecule has 0 atom stereocenters. The summed E-state index contributed by atoms with van der Waals surface area (Å²) in [6.45, 7) is 3.52. The van der Waals surface area contributed by atoms with Crippen LogP contribution in [-0.4, -0.2) is 18.6 Å². The molecule has 0 unspecified atom stereocenters. The summed E-state index contributed by atoms with van der Waals surface area (Å²) in [4.78, 5) is 0.0502. The van der Waals surface area contributed by atoms with Gasteiger partial charge in [-0.25, -0.2) is 8.42 Å². The van der Waals surface area contributed by atoms with Crippen molar-refractivity contribution in [3.8, 4) is 0 Å². The van der Waals surface area contributed by atoms with E-state index in [1.54, 1.807) is 19.1 Å². The van der Waals surface area contributed by atoms with Crippen molar-refractivity contribution < 1.29 is 8.42 Å². The maximum atomic E-state index is 12.4. The number of aryl methyl sites for hydroxylation is 1. The quantitative estimate of drug-likeness (QED) is 0.846. The number of rotatable bonds is 3. The summed E-state index contributed by atoms with van der Waals surface area (Å²) in [5, 5.41) is 7.41. The fourth-order valence-corrected chi connectivity index (χ4v) is 3.26. The van der Waals surface area contributed by atoms with Crippen LogP contribution in [0.4, 0.5) is 11.5 Å². The summed E-state index contributed by atoms with van der Waals surface area (Å²) < 4.78 is 27.1. The summed E-state index contributed by atoms with van der Waals surface area (Å²) in [5.74, 6) is 0.0784. The highest BCUT2D eigenvalue weighted by atomic mass is 35.5.